The Balaban J connectivity index is 2.74. The molecule has 0 aromatic carbocycles. The number of nitrogens with zero attached hydrogens (tertiary/aromatic N) is 1. The molecule has 1 aromatic heterocycles. The molecule has 0 spiro atoms. The van der Waals surface area contributed by atoms with Crippen LogP contribution in [0.2, 0.25) is 0 Å². The SMILES string of the molecule is CC[C@@H](N)c1ncc(C)[nH]1. The Morgan fingerprint density at radius 1 is 1.80 bits per heavy atom. The van der Waals surface area contributed by atoms with Crippen LogP contribution in [0.1, 0.15) is 30.9 Å². The lowest BCUT2D eigenvalue weighted by Gasteiger charge is -2.02. The number of aryl methyl sites for hydroxylation is 1. The Morgan fingerprint density at radius 2 is 2.50 bits per heavy atom. The van der Waals surface area contributed by atoms with E-state index in [-0.39, 0.29) is 6.04 Å². The van der Waals surface area contributed by atoms with Crippen LogP contribution in [-0.4, -0.2) is 9.97 Å². The lowest BCUT2D eigenvalue weighted by atomic mass is 10.2. The molecule has 56 valence electrons. The molecule has 0 amide bonds. The van der Waals surface area contributed by atoms with Gasteiger partial charge in [-0.25, -0.2) is 4.98 Å². The largest absolute Gasteiger partial charge is 0.345 e. The molecule has 1 rings (SSSR count). The third kappa shape index (κ3) is 1.36. The second-order valence-corrected chi connectivity index (χ2v) is 2.47. The molecule has 0 fully saturated rings. The molecular weight excluding hydrogens is 126 g/mol. The summed E-state index contributed by atoms with van der Waals surface area (Å²) in [5.74, 6) is 0.889. The summed E-state index contributed by atoms with van der Waals surface area (Å²) >= 11 is 0. The van der Waals surface area contributed by atoms with Gasteiger partial charge < -0.3 is 10.7 Å². The van der Waals surface area contributed by atoms with Crippen molar-refractivity contribution in [1.29, 1.82) is 0 Å². The smallest absolute Gasteiger partial charge is 0.123 e. The zero-order valence-electron chi connectivity index (χ0n) is 6.39. The Bertz CT molecular complexity index is 204. The van der Waals surface area contributed by atoms with Gasteiger partial charge >= 0.3 is 0 Å². The molecule has 1 aromatic rings. The molecule has 3 N–H and O–H groups in total. The molecule has 0 aliphatic rings. The first-order valence-corrected chi connectivity index (χ1v) is 3.51. The first-order valence-electron chi connectivity index (χ1n) is 3.51. The summed E-state index contributed by atoms with van der Waals surface area (Å²) in [5, 5.41) is 0. The standard InChI is InChI=1S/C7H13N3/c1-3-6(8)7-9-4-5(2)10-7/h4,6H,3,8H2,1-2H3,(H,9,10)/t6-/m1/s1. The van der Waals surface area contributed by atoms with Crippen molar-refractivity contribution in [2.75, 3.05) is 0 Å². The zero-order valence-corrected chi connectivity index (χ0v) is 6.39. The van der Waals surface area contributed by atoms with E-state index in [0.717, 1.165) is 17.9 Å². The van der Waals surface area contributed by atoms with E-state index in [2.05, 4.69) is 9.97 Å². The van der Waals surface area contributed by atoms with Crippen molar-refractivity contribution < 1.29 is 0 Å². The fourth-order valence-electron chi connectivity index (χ4n) is 0.815. The summed E-state index contributed by atoms with van der Waals surface area (Å²) < 4.78 is 0. The van der Waals surface area contributed by atoms with E-state index in [1.165, 1.54) is 0 Å². The molecule has 3 heteroatoms. The first-order chi connectivity index (χ1) is 4.74. The number of hydrogen-bond donors (Lipinski definition) is 2. The van der Waals surface area contributed by atoms with E-state index < -0.39 is 0 Å². The fraction of sp³-hybridized carbons (Fsp3) is 0.571. The number of aromatic amines is 1. The number of nitrogens with one attached hydrogen (secondary N) is 1. The van der Waals surface area contributed by atoms with Crippen LogP contribution < -0.4 is 5.73 Å². The summed E-state index contributed by atoms with van der Waals surface area (Å²) in [5.41, 5.74) is 6.78. The van der Waals surface area contributed by atoms with Gasteiger partial charge in [-0.05, 0) is 13.3 Å². The molecule has 0 bridgehead atoms. The minimum atomic E-state index is 0.0636. The van der Waals surface area contributed by atoms with Crippen LogP contribution >= 0.6 is 0 Å². The minimum absolute atomic E-state index is 0.0636. The van der Waals surface area contributed by atoms with Gasteiger partial charge in [0.2, 0.25) is 0 Å². The molecule has 0 unspecified atom stereocenters. The normalized spacial score (nSPS) is 13.5. The van der Waals surface area contributed by atoms with Crippen molar-refractivity contribution in [3.05, 3.63) is 17.7 Å². The number of rotatable bonds is 2. The van der Waals surface area contributed by atoms with Gasteiger partial charge in [-0.1, -0.05) is 6.92 Å². The van der Waals surface area contributed by atoms with Crippen LogP contribution in [-0.2, 0) is 0 Å². The number of hydrogen-bond acceptors (Lipinski definition) is 2. The predicted octanol–water partition coefficient (Wildman–Crippen LogP) is 1.13. The first kappa shape index (κ1) is 7.28. The van der Waals surface area contributed by atoms with Gasteiger partial charge in [-0.3, -0.25) is 0 Å². The van der Waals surface area contributed by atoms with Gasteiger partial charge in [0, 0.05) is 11.9 Å². The maximum Gasteiger partial charge on any atom is 0.123 e. The highest BCUT2D eigenvalue weighted by atomic mass is 14.9. The number of imidazole rings is 1. The minimum Gasteiger partial charge on any atom is -0.345 e. The van der Waals surface area contributed by atoms with E-state index in [1.807, 2.05) is 13.8 Å². The molecule has 10 heavy (non-hydrogen) atoms. The predicted molar refractivity (Wildman–Crippen MR) is 40.5 cm³/mol. The van der Waals surface area contributed by atoms with Crippen LogP contribution in [0.25, 0.3) is 0 Å². The van der Waals surface area contributed by atoms with Crippen molar-refractivity contribution in [2.24, 2.45) is 5.73 Å². The lowest BCUT2D eigenvalue weighted by Crippen LogP contribution is -2.10. The second-order valence-electron chi connectivity index (χ2n) is 2.47. The van der Waals surface area contributed by atoms with Crippen molar-refractivity contribution >= 4 is 0 Å². The Hall–Kier alpha value is -0.830. The third-order valence-electron chi connectivity index (χ3n) is 1.51. The van der Waals surface area contributed by atoms with Crippen LogP contribution in [0.3, 0.4) is 0 Å². The average Bonchev–Trinajstić information content (AvgIpc) is 2.34. The maximum absolute atomic E-state index is 5.71. The highest BCUT2D eigenvalue weighted by molar-refractivity contribution is 5.01. The molecule has 1 heterocycles. The van der Waals surface area contributed by atoms with E-state index in [0.29, 0.717) is 0 Å². The lowest BCUT2D eigenvalue weighted by molar-refractivity contribution is 0.657. The maximum atomic E-state index is 5.71. The van der Waals surface area contributed by atoms with Crippen LogP contribution in [0.15, 0.2) is 6.20 Å². The Labute approximate surface area is 60.7 Å². The highest BCUT2D eigenvalue weighted by Gasteiger charge is 2.04. The highest BCUT2D eigenvalue weighted by Crippen LogP contribution is 2.07. The van der Waals surface area contributed by atoms with E-state index in [4.69, 9.17) is 5.73 Å². The van der Waals surface area contributed by atoms with Crippen LogP contribution in [0.5, 0.6) is 0 Å². The van der Waals surface area contributed by atoms with Crippen molar-refractivity contribution in [3.8, 4) is 0 Å². The molecule has 0 saturated carbocycles. The summed E-state index contributed by atoms with van der Waals surface area (Å²) in [6, 6.07) is 0.0636. The quantitative estimate of drug-likeness (QED) is 0.645. The van der Waals surface area contributed by atoms with Gasteiger partial charge in [0.05, 0.1) is 6.04 Å². The van der Waals surface area contributed by atoms with E-state index in [1.54, 1.807) is 6.20 Å². The number of aromatic nitrogens is 2. The second kappa shape index (κ2) is 2.84. The zero-order chi connectivity index (χ0) is 7.56. The van der Waals surface area contributed by atoms with Gasteiger partial charge in [0.25, 0.3) is 0 Å². The summed E-state index contributed by atoms with van der Waals surface area (Å²) in [6.45, 7) is 4.02. The van der Waals surface area contributed by atoms with Crippen molar-refractivity contribution in [2.45, 2.75) is 26.3 Å². The van der Waals surface area contributed by atoms with Crippen LogP contribution in [0.4, 0.5) is 0 Å². The van der Waals surface area contributed by atoms with E-state index in [9.17, 15) is 0 Å². The van der Waals surface area contributed by atoms with Crippen molar-refractivity contribution in [3.63, 3.8) is 0 Å². The molecule has 0 aliphatic carbocycles. The Kier molecular flexibility index (Phi) is 2.06. The van der Waals surface area contributed by atoms with Gasteiger partial charge in [0.15, 0.2) is 0 Å². The topological polar surface area (TPSA) is 54.7 Å². The van der Waals surface area contributed by atoms with Gasteiger partial charge in [-0.15, -0.1) is 0 Å². The molecule has 0 saturated heterocycles. The van der Waals surface area contributed by atoms with Gasteiger partial charge in [0.1, 0.15) is 5.82 Å². The molecule has 0 aliphatic heterocycles. The summed E-state index contributed by atoms with van der Waals surface area (Å²) in [6.07, 6.45) is 2.72. The fourth-order valence-corrected chi connectivity index (χ4v) is 0.815. The van der Waals surface area contributed by atoms with Crippen LogP contribution in [0, 0.1) is 6.92 Å². The third-order valence-corrected chi connectivity index (χ3v) is 1.51. The molecular formula is C7H13N3. The summed E-state index contributed by atoms with van der Waals surface area (Å²) in [4.78, 5) is 7.20. The molecule has 3 nitrogen and oxygen atoms in total. The monoisotopic (exact) mass is 139 g/mol. The van der Waals surface area contributed by atoms with Gasteiger partial charge in [-0.2, -0.15) is 0 Å². The number of nitrogens with two attached hydrogens (primary N) is 1. The summed E-state index contributed by atoms with van der Waals surface area (Å²) in [7, 11) is 0. The molecule has 1 atom stereocenters. The van der Waals surface area contributed by atoms with E-state index >= 15 is 0 Å². The van der Waals surface area contributed by atoms with Crippen molar-refractivity contribution in [1.82, 2.24) is 9.97 Å². The molecule has 0 radical (unpaired) electrons. The number of H-pyrrole nitrogens is 1. The Morgan fingerprint density at radius 3 is 2.90 bits per heavy atom. The average molecular weight is 139 g/mol.